The SMILES string of the molecule is CCCCNC(=O)C(C#N)=C1N=C(NC(=O)c2ccc(C)cc2)c2ccccc21. The molecule has 0 unspecified atom stereocenters. The topological polar surface area (TPSA) is 94.3 Å². The van der Waals surface area contributed by atoms with Crippen LogP contribution in [0.1, 0.15) is 46.8 Å². The van der Waals surface area contributed by atoms with E-state index in [4.69, 9.17) is 0 Å². The molecule has 29 heavy (non-hydrogen) atoms. The summed E-state index contributed by atoms with van der Waals surface area (Å²) in [5, 5.41) is 15.1. The molecule has 0 radical (unpaired) electrons. The maximum Gasteiger partial charge on any atom is 0.264 e. The van der Waals surface area contributed by atoms with Gasteiger partial charge in [-0.3, -0.25) is 9.59 Å². The van der Waals surface area contributed by atoms with Crippen molar-refractivity contribution in [3.63, 3.8) is 0 Å². The van der Waals surface area contributed by atoms with Crippen LogP contribution in [0.15, 0.2) is 59.1 Å². The molecular weight excluding hydrogens is 364 g/mol. The van der Waals surface area contributed by atoms with Crippen molar-refractivity contribution in [1.82, 2.24) is 10.6 Å². The maximum absolute atomic E-state index is 12.6. The van der Waals surface area contributed by atoms with Gasteiger partial charge in [-0.1, -0.05) is 55.3 Å². The van der Waals surface area contributed by atoms with Crippen LogP contribution >= 0.6 is 0 Å². The van der Waals surface area contributed by atoms with Gasteiger partial charge in [0, 0.05) is 23.2 Å². The molecule has 146 valence electrons. The number of rotatable bonds is 5. The van der Waals surface area contributed by atoms with Gasteiger partial charge in [-0.05, 0) is 25.5 Å². The smallest absolute Gasteiger partial charge is 0.264 e. The van der Waals surface area contributed by atoms with Crippen molar-refractivity contribution in [3.05, 3.63) is 76.4 Å². The highest BCUT2D eigenvalue weighted by atomic mass is 16.2. The van der Waals surface area contributed by atoms with E-state index in [1.165, 1.54) is 0 Å². The minimum Gasteiger partial charge on any atom is -0.351 e. The lowest BCUT2D eigenvalue weighted by molar-refractivity contribution is -0.117. The maximum atomic E-state index is 12.6. The zero-order chi connectivity index (χ0) is 20.8. The first-order valence-electron chi connectivity index (χ1n) is 9.54. The normalized spacial score (nSPS) is 13.8. The number of hydrogen-bond donors (Lipinski definition) is 2. The Kier molecular flexibility index (Phi) is 6.20. The van der Waals surface area contributed by atoms with Crippen LogP contribution in [0.25, 0.3) is 5.70 Å². The number of amides is 2. The predicted molar refractivity (Wildman–Crippen MR) is 112 cm³/mol. The van der Waals surface area contributed by atoms with Crippen LogP contribution in [0.3, 0.4) is 0 Å². The average molecular weight is 386 g/mol. The van der Waals surface area contributed by atoms with Crippen LogP contribution in [0.5, 0.6) is 0 Å². The minimum atomic E-state index is -0.458. The molecule has 1 aliphatic rings. The highest BCUT2D eigenvalue weighted by Crippen LogP contribution is 2.30. The fourth-order valence-corrected chi connectivity index (χ4v) is 2.98. The van der Waals surface area contributed by atoms with Gasteiger partial charge in [0.25, 0.3) is 11.8 Å². The van der Waals surface area contributed by atoms with E-state index in [-0.39, 0.29) is 17.2 Å². The Bertz CT molecular complexity index is 1040. The van der Waals surface area contributed by atoms with Crippen molar-refractivity contribution >= 4 is 23.3 Å². The second kappa shape index (κ2) is 8.98. The quantitative estimate of drug-likeness (QED) is 0.469. The molecule has 1 heterocycles. The van der Waals surface area contributed by atoms with Gasteiger partial charge in [-0.25, -0.2) is 4.99 Å². The van der Waals surface area contributed by atoms with Crippen molar-refractivity contribution in [2.45, 2.75) is 26.7 Å². The standard InChI is InChI=1S/C23H22N4O2/c1-3-4-13-25-23(29)19(14-24)20-17-7-5-6-8-18(17)21(26-20)27-22(28)16-11-9-15(2)10-12-16/h5-12H,3-4,13H2,1-2H3,(H,25,29)(H,26,27,28). The number of amidine groups is 1. The molecule has 1 aliphatic heterocycles. The van der Waals surface area contributed by atoms with E-state index in [1.54, 1.807) is 24.3 Å². The zero-order valence-electron chi connectivity index (χ0n) is 16.5. The van der Waals surface area contributed by atoms with Crippen LogP contribution in [0.4, 0.5) is 0 Å². The van der Waals surface area contributed by atoms with E-state index in [1.807, 2.05) is 44.2 Å². The van der Waals surface area contributed by atoms with Crippen LogP contribution < -0.4 is 10.6 Å². The molecule has 2 aromatic rings. The Morgan fingerprint density at radius 1 is 1.07 bits per heavy atom. The van der Waals surface area contributed by atoms with Crippen molar-refractivity contribution in [3.8, 4) is 6.07 Å². The van der Waals surface area contributed by atoms with Crippen LogP contribution in [0.2, 0.25) is 0 Å². The third-order valence-electron chi connectivity index (χ3n) is 4.60. The largest absolute Gasteiger partial charge is 0.351 e. The summed E-state index contributed by atoms with van der Waals surface area (Å²) in [5.74, 6) is -0.429. The summed E-state index contributed by atoms with van der Waals surface area (Å²) in [5.41, 5.74) is 3.10. The van der Waals surface area contributed by atoms with Crippen molar-refractivity contribution in [2.75, 3.05) is 6.54 Å². The number of carbonyl (C=O) groups is 2. The van der Waals surface area contributed by atoms with Gasteiger partial charge in [-0.2, -0.15) is 5.26 Å². The highest BCUT2D eigenvalue weighted by molar-refractivity contribution is 6.20. The first kappa shape index (κ1) is 20.0. The van der Waals surface area contributed by atoms with E-state index < -0.39 is 5.91 Å². The van der Waals surface area contributed by atoms with Crippen LogP contribution in [-0.2, 0) is 4.79 Å². The molecule has 6 heteroatoms. The molecule has 2 amide bonds. The minimum absolute atomic E-state index is 0.0619. The highest BCUT2D eigenvalue weighted by Gasteiger charge is 2.27. The molecule has 6 nitrogen and oxygen atoms in total. The lowest BCUT2D eigenvalue weighted by Gasteiger charge is -2.06. The Labute approximate surface area is 170 Å². The summed E-state index contributed by atoms with van der Waals surface area (Å²) in [6.45, 7) is 4.47. The number of nitrogens with zero attached hydrogens (tertiary/aromatic N) is 2. The number of carbonyl (C=O) groups excluding carboxylic acids is 2. The molecule has 0 saturated carbocycles. The summed E-state index contributed by atoms with van der Waals surface area (Å²) in [6.07, 6.45) is 1.77. The molecule has 3 rings (SSSR count). The molecule has 0 aromatic heterocycles. The van der Waals surface area contributed by atoms with Gasteiger partial charge in [0.1, 0.15) is 17.5 Å². The van der Waals surface area contributed by atoms with Gasteiger partial charge < -0.3 is 10.6 Å². The summed E-state index contributed by atoms with van der Waals surface area (Å²) in [7, 11) is 0. The molecule has 0 aliphatic carbocycles. The van der Waals surface area contributed by atoms with E-state index in [9.17, 15) is 14.9 Å². The molecule has 2 aromatic carbocycles. The van der Waals surface area contributed by atoms with Gasteiger partial charge in [0.15, 0.2) is 0 Å². The second-order valence-corrected chi connectivity index (χ2v) is 6.77. The number of aryl methyl sites for hydroxylation is 1. The molecule has 0 atom stereocenters. The molecule has 0 bridgehead atoms. The summed E-state index contributed by atoms with van der Waals surface area (Å²) in [6, 6.07) is 16.4. The number of nitrogens with one attached hydrogen (secondary N) is 2. The number of hydrogen-bond acceptors (Lipinski definition) is 4. The van der Waals surface area contributed by atoms with E-state index >= 15 is 0 Å². The first-order valence-corrected chi connectivity index (χ1v) is 9.54. The summed E-state index contributed by atoms with van der Waals surface area (Å²) in [4.78, 5) is 29.5. The molecule has 0 spiro atoms. The van der Waals surface area contributed by atoms with E-state index in [2.05, 4.69) is 15.6 Å². The lowest BCUT2D eigenvalue weighted by Crippen LogP contribution is -2.30. The monoisotopic (exact) mass is 386 g/mol. The number of benzene rings is 2. The van der Waals surface area contributed by atoms with Gasteiger partial charge in [0.2, 0.25) is 0 Å². The van der Waals surface area contributed by atoms with E-state index in [0.29, 0.717) is 29.1 Å². The van der Waals surface area contributed by atoms with Gasteiger partial charge in [-0.15, -0.1) is 0 Å². The average Bonchev–Trinajstić information content (AvgIpc) is 3.07. The number of nitriles is 1. The van der Waals surface area contributed by atoms with Gasteiger partial charge in [0.05, 0.1) is 5.70 Å². The first-order chi connectivity index (χ1) is 14.0. The number of unbranched alkanes of at least 4 members (excludes halogenated alkanes) is 1. The van der Waals surface area contributed by atoms with Crippen LogP contribution in [-0.4, -0.2) is 24.2 Å². The van der Waals surface area contributed by atoms with Gasteiger partial charge >= 0.3 is 0 Å². The second-order valence-electron chi connectivity index (χ2n) is 6.77. The Hall–Kier alpha value is -3.72. The Morgan fingerprint density at radius 3 is 2.41 bits per heavy atom. The fraction of sp³-hybridized carbons (Fsp3) is 0.217. The van der Waals surface area contributed by atoms with Crippen molar-refractivity contribution < 1.29 is 9.59 Å². The van der Waals surface area contributed by atoms with E-state index in [0.717, 1.165) is 18.4 Å². The zero-order valence-corrected chi connectivity index (χ0v) is 16.5. The van der Waals surface area contributed by atoms with Crippen LogP contribution in [0, 0.1) is 18.3 Å². The lowest BCUT2D eigenvalue weighted by atomic mass is 10.0. The predicted octanol–water partition coefficient (Wildman–Crippen LogP) is 3.34. The molecular formula is C23H22N4O2. The van der Waals surface area contributed by atoms with Crippen molar-refractivity contribution in [2.24, 2.45) is 4.99 Å². The molecule has 2 N–H and O–H groups in total. The number of aliphatic imine (C=N–C) groups is 1. The summed E-state index contributed by atoms with van der Waals surface area (Å²) >= 11 is 0. The molecule has 0 fully saturated rings. The summed E-state index contributed by atoms with van der Waals surface area (Å²) < 4.78 is 0. The molecule has 0 saturated heterocycles. The third kappa shape index (κ3) is 4.41. The fourth-order valence-electron chi connectivity index (χ4n) is 2.98. The third-order valence-corrected chi connectivity index (χ3v) is 4.60. The Balaban J connectivity index is 1.94. The van der Waals surface area contributed by atoms with Crippen molar-refractivity contribution in [1.29, 1.82) is 5.26 Å². The Morgan fingerprint density at radius 2 is 1.76 bits per heavy atom. The number of fused-ring (bicyclic) bond motifs is 1.